The van der Waals surface area contributed by atoms with Gasteiger partial charge in [-0.25, -0.2) is 9.98 Å². The first-order valence-electron chi connectivity index (χ1n) is 8.31. The summed E-state index contributed by atoms with van der Waals surface area (Å²) in [6.07, 6.45) is 0. The Kier molecular flexibility index (Phi) is 8.53. The summed E-state index contributed by atoms with van der Waals surface area (Å²) in [5, 5.41) is 6.22. The van der Waals surface area contributed by atoms with Gasteiger partial charge in [0.25, 0.3) is 0 Å². The number of aromatic nitrogens is 1. The van der Waals surface area contributed by atoms with Gasteiger partial charge >= 0.3 is 0 Å². The second kappa shape index (κ2) is 10.1. The Balaban J connectivity index is 2.74. The van der Waals surface area contributed by atoms with Crippen LogP contribution in [0.25, 0.3) is 0 Å². The molecule has 0 radical (unpaired) electrons. The Labute approximate surface area is 149 Å². The Morgan fingerprint density at radius 2 is 1.92 bits per heavy atom. The summed E-state index contributed by atoms with van der Waals surface area (Å²) in [6.45, 7) is 9.01. The van der Waals surface area contributed by atoms with Crippen molar-refractivity contribution in [3.63, 3.8) is 0 Å². The molecule has 1 aromatic heterocycles. The Morgan fingerprint density at radius 3 is 2.42 bits per heavy atom. The summed E-state index contributed by atoms with van der Waals surface area (Å²) < 4.78 is 0. The highest BCUT2D eigenvalue weighted by Crippen LogP contribution is 2.18. The first-order valence-corrected chi connectivity index (χ1v) is 9.19. The molecule has 1 N–H and O–H groups in total. The summed E-state index contributed by atoms with van der Waals surface area (Å²) in [7, 11) is 5.83. The van der Waals surface area contributed by atoms with Crippen LogP contribution in [-0.2, 0) is 11.3 Å². The SMILES string of the molecule is CCNC(=NCc1csc(N(C)C)n1)N(C)CC(=O)N(CC)CC. The van der Waals surface area contributed by atoms with Crippen LogP contribution in [0, 0.1) is 0 Å². The lowest BCUT2D eigenvalue weighted by Gasteiger charge is -2.25. The number of nitrogens with one attached hydrogen (secondary N) is 1. The van der Waals surface area contributed by atoms with E-state index >= 15 is 0 Å². The highest BCUT2D eigenvalue weighted by molar-refractivity contribution is 7.13. The number of carbonyl (C=O) groups excluding carboxylic acids is 1. The van der Waals surface area contributed by atoms with Crippen LogP contribution >= 0.6 is 11.3 Å². The maximum absolute atomic E-state index is 12.3. The van der Waals surface area contributed by atoms with Crippen molar-refractivity contribution in [3.05, 3.63) is 11.1 Å². The first-order chi connectivity index (χ1) is 11.4. The van der Waals surface area contributed by atoms with Crippen molar-refractivity contribution in [2.45, 2.75) is 27.3 Å². The van der Waals surface area contributed by atoms with Crippen LogP contribution in [0.15, 0.2) is 10.4 Å². The maximum atomic E-state index is 12.3. The lowest BCUT2D eigenvalue weighted by atomic mass is 10.4. The molecule has 7 nitrogen and oxygen atoms in total. The molecule has 0 aromatic carbocycles. The van der Waals surface area contributed by atoms with Crippen molar-refractivity contribution >= 4 is 28.3 Å². The summed E-state index contributed by atoms with van der Waals surface area (Å²) in [5.74, 6) is 0.828. The van der Waals surface area contributed by atoms with E-state index in [1.807, 2.05) is 62.0 Å². The fourth-order valence-electron chi connectivity index (χ4n) is 2.15. The molecule has 8 heteroatoms. The van der Waals surface area contributed by atoms with Gasteiger partial charge in [-0.15, -0.1) is 11.3 Å². The smallest absolute Gasteiger partial charge is 0.242 e. The topological polar surface area (TPSA) is 64.1 Å². The van der Waals surface area contributed by atoms with Gasteiger partial charge in [0.05, 0.1) is 18.8 Å². The van der Waals surface area contributed by atoms with Crippen molar-refractivity contribution in [2.75, 3.05) is 52.2 Å². The van der Waals surface area contributed by atoms with Gasteiger partial charge in [0, 0.05) is 46.2 Å². The number of hydrogen-bond donors (Lipinski definition) is 1. The largest absolute Gasteiger partial charge is 0.357 e. The molecule has 136 valence electrons. The lowest BCUT2D eigenvalue weighted by Crippen LogP contribution is -2.45. The molecule has 0 aliphatic carbocycles. The number of guanidine groups is 1. The lowest BCUT2D eigenvalue weighted by molar-refractivity contribution is -0.131. The zero-order chi connectivity index (χ0) is 18.1. The number of anilines is 1. The summed E-state index contributed by atoms with van der Waals surface area (Å²) in [5.41, 5.74) is 0.933. The number of amides is 1. The molecule has 0 saturated heterocycles. The summed E-state index contributed by atoms with van der Waals surface area (Å²) in [6, 6.07) is 0. The van der Waals surface area contributed by atoms with Crippen molar-refractivity contribution in [3.8, 4) is 0 Å². The van der Waals surface area contributed by atoms with E-state index in [0.717, 1.165) is 36.4 Å². The molecular formula is C16H30N6OS. The molecule has 24 heavy (non-hydrogen) atoms. The van der Waals surface area contributed by atoms with Crippen LogP contribution in [0.1, 0.15) is 26.5 Å². The van der Waals surface area contributed by atoms with E-state index < -0.39 is 0 Å². The maximum Gasteiger partial charge on any atom is 0.242 e. The van der Waals surface area contributed by atoms with Crippen LogP contribution in [0.3, 0.4) is 0 Å². The van der Waals surface area contributed by atoms with Gasteiger partial charge in [-0.2, -0.15) is 0 Å². The highest BCUT2D eigenvalue weighted by Gasteiger charge is 2.15. The van der Waals surface area contributed by atoms with E-state index in [4.69, 9.17) is 0 Å². The van der Waals surface area contributed by atoms with Gasteiger partial charge in [0.1, 0.15) is 0 Å². The summed E-state index contributed by atoms with van der Waals surface area (Å²) in [4.78, 5) is 27.1. The van der Waals surface area contributed by atoms with Gasteiger partial charge in [0.2, 0.25) is 5.91 Å². The highest BCUT2D eigenvalue weighted by atomic mass is 32.1. The van der Waals surface area contributed by atoms with Crippen molar-refractivity contribution in [2.24, 2.45) is 4.99 Å². The van der Waals surface area contributed by atoms with Crippen LogP contribution in [0.4, 0.5) is 5.13 Å². The third kappa shape index (κ3) is 5.99. The van der Waals surface area contributed by atoms with Crippen molar-refractivity contribution in [1.82, 2.24) is 20.1 Å². The van der Waals surface area contributed by atoms with Crippen LogP contribution in [0.2, 0.25) is 0 Å². The van der Waals surface area contributed by atoms with Crippen molar-refractivity contribution < 1.29 is 4.79 Å². The molecular weight excluding hydrogens is 324 g/mol. The number of rotatable bonds is 8. The average Bonchev–Trinajstić information content (AvgIpc) is 3.01. The molecule has 0 unspecified atom stereocenters. The standard InChI is InChI=1S/C16H30N6OS/c1-7-17-15(21(6)11-14(23)22(8-2)9-3)18-10-13-12-24-16(19-13)20(4)5/h12H,7-11H2,1-6H3,(H,17,18). The fourth-order valence-corrected chi connectivity index (χ4v) is 2.90. The zero-order valence-corrected chi connectivity index (χ0v) is 16.5. The molecule has 0 fully saturated rings. The predicted octanol–water partition coefficient (Wildman–Crippen LogP) is 1.47. The zero-order valence-electron chi connectivity index (χ0n) is 15.7. The Bertz CT molecular complexity index is 538. The van der Waals surface area contributed by atoms with Crippen LogP contribution < -0.4 is 10.2 Å². The Morgan fingerprint density at radius 1 is 1.25 bits per heavy atom. The minimum Gasteiger partial charge on any atom is -0.357 e. The molecule has 1 heterocycles. The quantitative estimate of drug-likeness (QED) is 0.566. The van der Waals surface area contributed by atoms with Crippen LogP contribution in [-0.4, -0.2) is 74.0 Å². The minimum absolute atomic E-state index is 0.108. The second-order valence-electron chi connectivity index (χ2n) is 5.61. The summed E-state index contributed by atoms with van der Waals surface area (Å²) >= 11 is 1.60. The van der Waals surface area contributed by atoms with E-state index in [9.17, 15) is 4.79 Å². The van der Waals surface area contributed by atoms with Gasteiger partial charge in [-0.3, -0.25) is 4.79 Å². The monoisotopic (exact) mass is 354 g/mol. The molecule has 0 saturated carbocycles. The number of thiazole rings is 1. The molecule has 0 bridgehead atoms. The minimum atomic E-state index is 0.108. The molecule has 0 aliphatic rings. The van der Waals surface area contributed by atoms with Gasteiger partial charge < -0.3 is 20.0 Å². The van der Waals surface area contributed by atoms with Crippen LogP contribution in [0.5, 0.6) is 0 Å². The van der Waals surface area contributed by atoms with Gasteiger partial charge in [0.15, 0.2) is 11.1 Å². The molecule has 0 spiro atoms. The number of likely N-dealkylation sites (N-methyl/N-ethyl adjacent to an activating group) is 2. The van der Waals surface area contributed by atoms with E-state index in [-0.39, 0.29) is 5.91 Å². The normalized spacial score (nSPS) is 11.3. The predicted molar refractivity (Wildman–Crippen MR) is 102 cm³/mol. The van der Waals surface area contributed by atoms with Crippen molar-refractivity contribution in [1.29, 1.82) is 0 Å². The van der Waals surface area contributed by atoms with E-state index in [1.54, 1.807) is 11.3 Å². The average molecular weight is 355 g/mol. The van der Waals surface area contributed by atoms with Gasteiger partial charge in [-0.1, -0.05) is 0 Å². The second-order valence-corrected chi connectivity index (χ2v) is 6.44. The molecule has 0 atom stereocenters. The van der Waals surface area contributed by atoms with E-state index in [0.29, 0.717) is 13.1 Å². The molecule has 1 amide bonds. The van der Waals surface area contributed by atoms with Gasteiger partial charge in [-0.05, 0) is 20.8 Å². The molecule has 1 rings (SSSR count). The third-order valence-electron chi connectivity index (χ3n) is 3.50. The van der Waals surface area contributed by atoms with E-state index in [2.05, 4.69) is 15.3 Å². The number of nitrogens with zero attached hydrogens (tertiary/aromatic N) is 5. The third-order valence-corrected chi connectivity index (χ3v) is 4.56. The Hall–Kier alpha value is -1.83. The number of hydrogen-bond acceptors (Lipinski definition) is 5. The molecule has 0 aliphatic heterocycles. The number of aliphatic imine (C=N–C) groups is 1. The number of carbonyl (C=O) groups is 1. The molecule has 1 aromatic rings. The first kappa shape index (κ1) is 20.2. The fraction of sp³-hybridized carbons (Fsp3) is 0.688. The van der Waals surface area contributed by atoms with E-state index in [1.165, 1.54) is 0 Å².